The van der Waals surface area contributed by atoms with Gasteiger partial charge in [-0.1, -0.05) is 36.5 Å². The first-order valence-electron chi connectivity index (χ1n) is 9.33. The summed E-state index contributed by atoms with van der Waals surface area (Å²) in [6.07, 6.45) is 2.16. The van der Waals surface area contributed by atoms with Crippen molar-refractivity contribution in [1.82, 2.24) is 10.2 Å². The molecule has 0 aliphatic carbocycles. The lowest BCUT2D eigenvalue weighted by Gasteiger charge is -2.11. The van der Waals surface area contributed by atoms with Crippen molar-refractivity contribution in [3.05, 3.63) is 70.0 Å². The Morgan fingerprint density at radius 3 is 2.65 bits per heavy atom. The highest BCUT2D eigenvalue weighted by molar-refractivity contribution is 7.15. The van der Waals surface area contributed by atoms with Crippen LogP contribution in [0.25, 0.3) is 6.08 Å². The summed E-state index contributed by atoms with van der Waals surface area (Å²) < 4.78 is 24.1. The van der Waals surface area contributed by atoms with Gasteiger partial charge < -0.3 is 9.47 Å². The zero-order valence-electron chi connectivity index (χ0n) is 16.9. The Morgan fingerprint density at radius 2 is 2.00 bits per heavy atom. The van der Waals surface area contributed by atoms with E-state index in [0.717, 1.165) is 10.6 Å². The fourth-order valence-electron chi connectivity index (χ4n) is 2.56. The van der Waals surface area contributed by atoms with E-state index in [1.54, 1.807) is 30.3 Å². The van der Waals surface area contributed by atoms with Crippen molar-refractivity contribution in [2.45, 2.75) is 20.0 Å². The summed E-state index contributed by atoms with van der Waals surface area (Å²) in [6.45, 7) is 2.17. The SMILES string of the molecule is CCc1nnc(NC(=O)/C(C#N)=C/c2ccc(OCc3ccc(F)cc3)c(OC)c2)s1. The van der Waals surface area contributed by atoms with E-state index in [1.807, 2.05) is 13.0 Å². The van der Waals surface area contributed by atoms with Crippen LogP contribution in [0.3, 0.4) is 0 Å². The summed E-state index contributed by atoms with van der Waals surface area (Å²) in [5, 5.41) is 20.9. The second-order valence-electron chi connectivity index (χ2n) is 6.30. The van der Waals surface area contributed by atoms with E-state index in [0.29, 0.717) is 28.6 Å². The minimum Gasteiger partial charge on any atom is -0.493 e. The topological polar surface area (TPSA) is 97.1 Å². The first-order valence-corrected chi connectivity index (χ1v) is 10.1. The van der Waals surface area contributed by atoms with Gasteiger partial charge in [0.05, 0.1) is 7.11 Å². The van der Waals surface area contributed by atoms with Gasteiger partial charge in [0.1, 0.15) is 29.1 Å². The number of carbonyl (C=O) groups excluding carboxylic acids is 1. The average molecular weight is 438 g/mol. The van der Waals surface area contributed by atoms with E-state index in [9.17, 15) is 14.4 Å². The van der Waals surface area contributed by atoms with Crippen LogP contribution < -0.4 is 14.8 Å². The minimum absolute atomic E-state index is 0.0877. The lowest BCUT2D eigenvalue weighted by atomic mass is 10.1. The Kier molecular flexibility index (Phi) is 7.30. The molecule has 0 unspecified atom stereocenters. The van der Waals surface area contributed by atoms with Crippen molar-refractivity contribution >= 4 is 28.5 Å². The van der Waals surface area contributed by atoms with Crippen LogP contribution in [0.4, 0.5) is 9.52 Å². The number of methoxy groups -OCH3 is 1. The number of benzene rings is 2. The van der Waals surface area contributed by atoms with Crippen molar-refractivity contribution in [3.63, 3.8) is 0 Å². The second kappa shape index (κ2) is 10.3. The third-order valence-corrected chi connectivity index (χ3v) is 5.14. The highest BCUT2D eigenvalue weighted by Crippen LogP contribution is 2.30. The molecule has 0 saturated carbocycles. The molecular formula is C22H19FN4O3S. The molecule has 31 heavy (non-hydrogen) atoms. The Balaban J connectivity index is 1.73. The maximum Gasteiger partial charge on any atom is 0.268 e. The molecule has 1 heterocycles. The second-order valence-corrected chi connectivity index (χ2v) is 7.37. The van der Waals surface area contributed by atoms with Crippen LogP contribution in [0.5, 0.6) is 11.5 Å². The number of aromatic nitrogens is 2. The predicted octanol–water partition coefficient (Wildman–Crippen LogP) is 4.37. The van der Waals surface area contributed by atoms with Gasteiger partial charge in [0.15, 0.2) is 11.5 Å². The van der Waals surface area contributed by atoms with E-state index < -0.39 is 5.91 Å². The molecule has 0 aliphatic rings. The van der Waals surface area contributed by atoms with Gasteiger partial charge in [0, 0.05) is 0 Å². The highest BCUT2D eigenvalue weighted by atomic mass is 32.1. The molecule has 2 aromatic carbocycles. The number of nitrogens with one attached hydrogen (secondary N) is 1. The number of nitriles is 1. The third kappa shape index (κ3) is 5.87. The van der Waals surface area contributed by atoms with Crippen LogP contribution in [-0.2, 0) is 17.8 Å². The molecule has 1 amide bonds. The van der Waals surface area contributed by atoms with Gasteiger partial charge in [-0.3, -0.25) is 10.1 Å². The van der Waals surface area contributed by atoms with Gasteiger partial charge in [-0.2, -0.15) is 5.26 Å². The maximum atomic E-state index is 13.0. The number of hydrogen-bond donors (Lipinski definition) is 1. The summed E-state index contributed by atoms with van der Waals surface area (Å²) >= 11 is 1.26. The number of anilines is 1. The summed E-state index contributed by atoms with van der Waals surface area (Å²) in [4.78, 5) is 12.4. The van der Waals surface area contributed by atoms with Crippen LogP contribution in [0.15, 0.2) is 48.0 Å². The quantitative estimate of drug-likeness (QED) is 0.414. The monoisotopic (exact) mass is 438 g/mol. The molecule has 0 radical (unpaired) electrons. The van der Waals surface area contributed by atoms with Gasteiger partial charge in [-0.05, 0) is 47.9 Å². The van der Waals surface area contributed by atoms with Crippen molar-refractivity contribution in [1.29, 1.82) is 5.26 Å². The molecule has 158 valence electrons. The molecule has 3 aromatic rings. The van der Waals surface area contributed by atoms with Gasteiger partial charge in [0.25, 0.3) is 5.91 Å². The third-order valence-electron chi connectivity index (χ3n) is 4.16. The molecule has 0 aliphatic heterocycles. The highest BCUT2D eigenvalue weighted by Gasteiger charge is 2.13. The number of nitrogens with zero attached hydrogens (tertiary/aromatic N) is 3. The van der Waals surface area contributed by atoms with Crippen molar-refractivity contribution in [3.8, 4) is 17.6 Å². The minimum atomic E-state index is -0.572. The lowest BCUT2D eigenvalue weighted by molar-refractivity contribution is -0.112. The molecule has 0 fully saturated rings. The van der Waals surface area contributed by atoms with Gasteiger partial charge in [-0.25, -0.2) is 4.39 Å². The molecule has 1 aromatic heterocycles. The van der Waals surface area contributed by atoms with Crippen LogP contribution in [0.2, 0.25) is 0 Å². The number of carbonyl (C=O) groups is 1. The van der Waals surface area contributed by atoms with Gasteiger partial charge >= 0.3 is 0 Å². The summed E-state index contributed by atoms with van der Waals surface area (Å²) in [5.74, 6) is 0.0294. The Morgan fingerprint density at radius 1 is 1.23 bits per heavy atom. The van der Waals surface area contributed by atoms with E-state index in [2.05, 4.69) is 15.5 Å². The fourth-order valence-corrected chi connectivity index (χ4v) is 3.24. The van der Waals surface area contributed by atoms with Crippen molar-refractivity contribution in [2.24, 2.45) is 0 Å². The summed E-state index contributed by atoms with van der Waals surface area (Å²) in [5.41, 5.74) is 1.30. The van der Waals surface area contributed by atoms with E-state index in [4.69, 9.17) is 9.47 Å². The Labute approximate surface area is 182 Å². The molecule has 1 N–H and O–H groups in total. The smallest absolute Gasteiger partial charge is 0.268 e. The molecular weight excluding hydrogens is 419 g/mol. The maximum absolute atomic E-state index is 13.0. The normalized spacial score (nSPS) is 11.0. The number of ether oxygens (including phenoxy) is 2. The first-order chi connectivity index (χ1) is 15.0. The predicted molar refractivity (Wildman–Crippen MR) is 115 cm³/mol. The summed E-state index contributed by atoms with van der Waals surface area (Å²) in [7, 11) is 1.49. The first kappa shape index (κ1) is 21.9. The lowest BCUT2D eigenvalue weighted by Crippen LogP contribution is -2.13. The molecule has 0 spiro atoms. The Bertz CT molecular complexity index is 1140. The van der Waals surface area contributed by atoms with Crippen LogP contribution in [0, 0.1) is 17.1 Å². The molecule has 0 atom stereocenters. The number of aryl methyl sites for hydroxylation is 1. The number of hydrogen-bond acceptors (Lipinski definition) is 7. The van der Waals surface area contributed by atoms with Crippen LogP contribution in [-0.4, -0.2) is 23.2 Å². The zero-order valence-corrected chi connectivity index (χ0v) is 17.7. The number of amides is 1. The standard InChI is InChI=1S/C22H19FN4O3S/c1-3-20-26-27-22(31-20)25-21(28)16(12-24)10-15-6-9-18(19(11-15)29-2)30-13-14-4-7-17(23)8-5-14/h4-11H,3,13H2,1-2H3,(H,25,27,28)/b16-10+. The number of halogens is 1. The van der Waals surface area contributed by atoms with Gasteiger partial charge in [0.2, 0.25) is 5.13 Å². The molecule has 3 rings (SSSR count). The molecule has 9 heteroatoms. The molecule has 7 nitrogen and oxygen atoms in total. The Hall–Kier alpha value is -3.77. The van der Waals surface area contributed by atoms with Crippen molar-refractivity contribution in [2.75, 3.05) is 12.4 Å². The van der Waals surface area contributed by atoms with E-state index in [-0.39, 0.29) is 18.0 Å². The van der Waals surface area contributed by atoms with Crippen LogP contribution >= 0.6 is 11.3 Å². The van der Waals surface area contributed by atoms with E-state index >= 15 is 0 Å². The zero-order chi connectivity index (χ0) is 22.2. The summed E-state index contributed by atoms with van der Waals surface area (Å²) in [6, 6.07) is 12.9. The van der Waals surface area contributed by atoms with Crippen molar-refractivity contribution < 1.29 is 18.7 Å². The molecule has 0 bridgehead atoms. The average Bonchev–Trinajstić information content (AvgIpc) is 3.24. The number of rotatable bonds is 8. The van der Waals surface area contributed by atoms with E-state index in [1.165, 1.54) is 36.7 Å². The molecule has 0 saturated heterocycles. The fraction of sp³-hybridized carbons (Fsp3) is 0.182. The largest absolute Gasteiger partial charge is 0.493 e. The van der Waals surface area contributed by atoms with Crippen LogP contribution in [0.1, 0.15) is 23.1 Å². The van der Waals surface area contributed by atoms with Gasteiger partial charge in [-0.15, -0.1) is 10.2 Å².